The van der Waals surface area contributed by atoms with E-state index >= 15 is 0 Å². The van der Waals surface area contributed by atoms with Crippen LogP contribution in [0.2, 0.25) is 0 Å². The van der Waals surface area contributed by atoms with Crippen molar-refractivity contribution in [2.75, 3.05) is 5.32 Å². The van der Waals surface area contributed by atoms with Crippen LogP contribution in [-0.2, 0) is 6.54 Å². The molecule has 18 heavy (non-hydrogen) atoms. The highest BCUT2D eigenvalue weighted by molar-refractivity contribution is 9.10. The highest BCUT2D eigenvalue weighted by Crippen LogP contribution is 2.18. The lowest BCUT2D eigenvalue weighted by Crippen LogP contribution is -2.01. The summed E-state index contributed by atoms with van der Waals surface area (Å²) < 4.78 is 15.5. The van der Waals surface area contributed by atoms with Gasteiger partial charge in [0.2, 0.25) is 0 Å². The Morgan fingerprint density at radius 2 is 2.22 bits per heavy atom. The first kappa shape index (κ1) is 13.1. The Kier molecular flexibility index (Phi) is 4.01. The second-order valence-corrected chi connectivity index (χ2v) is 5.26. The number of benzene rings is 1. The highest BCUT2D eigenvalue weighted by Gasteiger charge is 2.03. The van der Waals surface area contributed by atoms with Gasteiger partial charge < -0.3 is 5.32 Å². The summed E-state index contributed by atoms with van der Waals surface area (Å²) in [6.07, 6.45) is 3.75. The number of rotatable bonds is 4. The molecule has 1 aromatic carbocycles. The van der Waals surface area contributed by atoms with Gasteiger partial charge in [0.1, 0.15) is 5.82 Å². The van der Waals surface area contributed by atoms with Crippen LogP contribution in [0.3, 0.4) is 0 Å². The molecule has 0 unspecified atom stereocenters. The molecule has 0 radical (unpaired) electrons. The van der Waals surface area contributed by atoms with Crippen LogP contribution in [-0.4, -0.2) is 9.78 Å². The zero-order chi connectivity index (χ0) is 13.1. The van der Waals surface area contributed by atoms with Crippen LogP contribution in [0, 0.1) is 5.82 Å². The van der Waals surface area contributed by atoms with E-state index in [0.717, 1.165) is 11.3 Å². The molecule has 1 heterocycles. The molecule has 0 saturated carbocycles. The molecular weight excluding hydrogens is 297 g/mol. The van der Waals surface area contributed by atoms with Crippen LogP contribution in [0.5, 0.6) is 0 Å². The largest absolute Gasteiger partial charge is 0.378 e. The number of anilines is 1. The third kappa shape index (κ3) is 3.10. The van der Waals surface area contributed by atoms with Gasteiger partial charge in [0, 0.05) is 18.8 Å². The first-order valence-electron chi connectivity index (χ1n) is 5.78. The Hall–Kier alpha value is -1.36. The van der Waals surface area contributed by atoms with E-state index in [2.05, 4.69) is 40.2 Å². The second kappa shape index (κ2) is 5.52. The van der Waals surface area contributed by atoms with Gasteiger partial charge in [-0.2, -0.15) is 5.10 Å². The molecule has 0 bridgehead atoms. The Morgan fingerprint density at radius 3 is 2.83 bits per heavy atom. The van der Waals surface area contributed by atoms with Crippen molar-refractivity contribution in [2.24, 2.45) is 0 Å². The smallest absolute Gasteiger partial charge is 0.137 e. The number of aromatic nitrogens is 2. The zero-order valence-electron chi connectivity index (χ0n) is 10.3. The maximum atomic E-state index is 13.1. The average molecular weight is 312 g/mol. The van der Waals surface area contributed by atoms with E-state index in [0.29, 0.717) is 17.1 Å². The van der Waals surface area contributed by atoms with Crippen molar-refractivity contribution in [1.82, 2.24) is 9.78 Å². The minimum Gasteiger partial charge on any atom is -0.378 e. The fourth-order valence-electron chi connectivity index (χ4n) is 1.57. The SMILES string of the molecule is CC(C)n1cc(NCc2ccc(F)c(Br)c2)cn1. The normalized spacial score (nSPS) is 10.9. The van der Waals surface area contributed by atoms with Gasteiger partial charge in [-0.3, -0.25) is 4.68 Å². The standard InChI is InChI=1S/C13H15BrFN3/c1-9(2)18-8-11(7-17-18)16-6-10-3-4-13(15)12(14)5-10/h3-5,7-9,16H,6H2,1-2H3. The molecule has 0 spiro atoms. The van der Waals surface area contributed by atoms with Gasteiger partial charge in [0.15, 0.2) is 0 Å². The van der Waals surface area contributed by atoms with Crippen molar-refractivity contribution < 1.29 is 4.39 Å². The van der Waals surface area contributed by atoms with Gasteiger partial charge >= 0.3 is 0 Å². The Labute approximate surface area is 114 Å². The van der Waals surface area contributed by atoms with Crippen LogP contribution in [0.4, 0.5) is 10.1 Å². The van der Waals surface area contributed by atoms with Crippen molar-refractivity contribution in [3.05, 3.63) is 46.4 Å². The lowest BCUT2D eigenvalue weighted by Gasteiger charge is -2.05. The van der Waals surface area contributed by atoms with Crippen LogP contribution in [0.1, 0.15) is 25.5 Å². The molecule has 0 saturated heterocycles. The summed E-state index contributed by atoms with van der Waals surface area (Å²) in [5.74, 6) is -0.244. The number of halogens is 2. The predicted molar refractivity (Wildman–Crippen MR) is 74.0 cm³/mol. The predicted octanol–water partition coefficient (Wildman–Crippen LogP) is 3.98. The van der Waals surface area contributed by atoms with Crippen molar-refractivity contribution in [2.45, 2.75) is 26.4 Å². The Morgan fingerprint density at radius 1 is 1.44 bits per heavy atom. The lowest BCUT2D eigenvalue weighted by atomic mass is 10.2. The van der Waals surface area contributed by atoms with E-state index in [1.165, 1.54) is 6.07 Å². The third-order valence-corrected chi connectivity index (χ3v) is 3.22. The van der Waals surface area contributed by atoms with Gasteiger partial charge in [0.25, 0.3) is 0 Å². The highest BCUT2D eigenvalue weighted by atomic mass is 79.9. The third-order valence-electron chi connectivity index (χ3n) is 2.61. The van der Waals surface area contributed by atoms with E-state index in [1.54, 1.807) is 18.3 Å². The van der Waals surface area contributed by atoms with Crippen LogP contribution >= 0.6 is 15.9 Å². The first-order valence-corrected chi connectivity index (χ1v) is 6.57. The molecule has 0 aliphatic carbocycles. The van der Waals surface area contributed by atoms with E-state index < -0.39 is 0 Å². The summed E-state index contributed by atoms with van der Waals surface area (Å²) in [6, 6.07) is 5.34. The molecule has 3 nitrogen and oxygen atoms in total. The Balaban J connectivity index is 2.00. The summed E-state index contributed by atoms with van der Waals surface area (Å²) in [4.78, 5) is 0. The van der Waals surface area contributed by atoms with Gasteiger partial charge in [-0.1, -0.05) is 6.07 Å². The van der Waals surface area contributed by atoms with Gasteiger partial charge in [-0.05, 0) is 47.5 Å². The molecular formula is C13H15BrFN3. The van der Waals surface area contributed by atoms with E-state index in [-0.39, 0.29) is 5.82 Å². The second-order valence-electron chi connectivity index (χ2n) is 4.40. The van der Waals surface area contributed by atoms with Crippen LogP contribution in [0.15, 0.2) is 35.1 Å². The molecule has 1 N–H and O–H groups in total. The summed E-state index contributed by atoms with van der Waals surface area (Å²) >= 11 is 3.18. The molecule has 2 aromatic rings. The van der Waals surface area contributed by atoms with Crippen molar-refractivity contribution >= 4 is 21.6 Å². The number of hydrogen-bond donors (Lipinski definition) is 1. The maximum Gasteiger partial charge on any atom is 0.137 e. The minimum absolute atomic E-state index is 0.244. The van der Waals surface area contributed by atoms with Crippen molar-refractivity contribution in [3.63, 3.8) is 0 Å². The maximum absolute atomic E-state index is 13.1. The number of nitrogens with one attached hydrogen (secondary N) is 1. The topological polar surface area (TPSA) is 29.9 Å². The lowest BCUT2D eigenvalue weighted by molar-refractivity contribution is 0.532. The minimum atomic E-state index is -0.244. The molecule has 0 atom stereocenters. The Bertz CT molecular complexity index is 537. The monoisotopic (exact) mass is 311 g/mol. The average Bonchev–Trinajstić information content (AvgIpc) is 2.79. The van der Waals surface area contributed by atoms with Crippen LogP contribution < -0.4 is 5.32 Å². The van der Waals surface area contributed by atoms with E-state index in [4.69, 9.17) is 0 Å². The summed E-state index contributed by atoms with van der Waals surface area (Å²) in [6.45, 7) is 4.80. The van der Waals surface area contributed by atoms with Gasteiger partial charge in [-0.15, -0.1) is 0 Å². The molecule has 0 fully saturated rings. The fraction of sp³-hybridized carbons (Fsp3) is 0.308. The fourth-order valence-corrected chi connectivity index (χ4v) is 1.99. The van der Waals surface area contributed by atoms with Crippen molar-refractivity contribution in [1.29, 1.82) is 0 Å². The molecule has 5 heteroatoms. The quantitative estimate of drug-likeness (QED) is 0.925. The molecule has 0 aliphatic heterocycles. The van der Waals surface area contributed by atoms with Gasteiger partial charge in [0.05, 0.1) is 16.4 Å². The van der Waals surface area contributed by atoms with Gasteiger partial charge in [-0.25, -0.2) is 4.39 Å². The summed E-state index contributed by atoms with van der Waals surface area (Å²) in [5, 5.41) is 7.50. The first-order chi connectivity index (χ1) is 8.56. The molecule has 1 aromatic heterocycles. The molecule has 0 aliphatic rings. The van der Waals surface area contributed by atoms with Crippen LogP contribution in [0.25, 0.3) is 0 Å². The molecule has 0 amide bonds. The number of hydrogen-bond acceptors (Lipinski definition) is 2. The molecule has 96 valence electrons. The summed E-state index contributed by atoms with van der Waals surface area (Å²) in [7, 11) is 0. The molecule has 2 rings (SSSR count). The zero-order valence-corrected chi connectivity index (χ0v) is 11.9. The van der Waals surface area contributed by atoms with Crippen molar-refractivity contribution in [3.8, 4) is 0 Å². The number of nitrogens with zero attached hydrogens (tertiary/aromatic N) is 2. The van der Waals surface area contributed by atoms with E-state index in [1.807, 2.05) is 10.9 Å². The summed E-state index contributed by atoms with van der Waals surface area (Å²) in [5.41, 5.74) is 1.98. The van der Waals surface area contributed by atoms with E-state index in [9.17, 15) is 4.39 Å².